The fourth-order valence-electron chi connectivity index (χ4n) is 4.26. The minimum atomic E-state index is -1.10. The highest BCUT2D eigenvalue weighted by Crippen LogP contribution is 2.31. The molecule has 40 heavy (non-hydrogen) atoms. The first-order valence-electron chi connectivity index (χ1n) is 13.1. The number of aliphatic hydroxyl groups excluding tert-OH is 1. The minimum absolute atomic E-state index is 0.0744. The number of aliphatic hydroxyl groups is 1. The Labute approximate surface area is 234 Å². The van der Waals surface area contributed by atoms with Crippen molar-refractivity contribution >= 4 is 17.8 Å². The van der Waals surface area contributed by atoms with Gasteiger partial charge in [-0.25, -0.2) is 4.79 Å². The number of carbonyl (C=O) groups is 3. The lowest BCUT2D eigenvalue weighted by atomic mass is 9.99. The first-order valence-corrected chi connectivity index (χ1v) is 13.1. The van der Waals surface area contributed by atoms with Crippen molar-refractivity contribution in [3.8, 4) is 0 Å². The predicted octanol–water partition coefficient (Wildman–Crippen LogP) is 1.63. The zero-order valence-corrected chi connectivity index (χ0v) is 23.1. The second kappa shape index (κ2) is 15.4. The highest BCUT2D eigenvalue weighted by molar-refractivity contribution is 5.86. The monoisotopic (exact) mass is 558 g/mol. The van der Waals surface area contributed by atoms with Crippen molar-refractivity contribution in [3.05, 3.63) is 71.8 Å². The van der Waals surface area contributed by atoms with Crippen molar-refractivity contribution in [2.45, 2.75) is 70.2 Å². The number of esters is 1. The molecule has 5 unspecified atom stereocenters. The molecule has 1 heterocycles. The standard InChI is InChI=1S/C29H38N2O9/c1-18(28(35)37-16-21-11-7-5-8-12-21)30-27(34)19(2)39-25(23(15-32)31-20(3)33)26-24(36-4)17-38-29(40-26)22-13-9-6-10-14-22/h5-14,18-19,23-26,29,32H,15-17H2,1-4H3,(H,30,34)(H,31,33)/t18-,19+,23?,24?,25?,26?,29?/m0/s1. The molecule has 2 aromatic carbocycles. The van der Waals surface area contributed by atoms with E-state index in [4.69, 9.17) is 23.7 Å². The summed E-state index contributed by atoms with van der Waals surface area (Å²) in [6.45, 7) is 4.05. The van der Waals surface area contributed by atoms with E-state index >= 15 is 0 Å². The van der Waals surface area contributed by atoms with E-state index in [0.717, 1.165) is 11.1 Å². The van der Waals surface area contributed by atoms with Crippen LogP contribution in [0.15, 0.2) is 60.7 Å². The number of hydrogen-bond acceptors (Lipinski definition) is 9. The van der Waals surface area contributed by atoms with E-state index < -0.39 is 67.2 Å². The lowest BCUT2D eigenvalue weighted by Gasteiger charge is -2.42. The van der Waals surface area contributed by atoms with Crippen LogP contribution in [0.4, 0.5) is 0 Å². The molecule has 0 aromatic heterocycles. The summed E-state index contributed by atoms with van der Waals surface area (Å²) in [7, 11) is 1.48. The van der Waals surface area contributed by atoms with Crippen molar-refractivity contribution in [3.63, 3.8) is 0 Å². The van der Waals surface area contributed by atoms with Crippen LogP contribution in [0.2, 0.25) is 0 Å². The second-order valence-corrected chi connectivity index (χ2v) is 9.51. The fraction of sp³-hybridized carbons (Fsp3) is 0.483. The highest BCUT2D eigenvalue weighted by atomic mass is 16.7. The predicted molar refractivity (Wildman–Crippen MR) is 144 cm³/mol. The van der Waals surface area contributed by atoms with Crippen LogP contribution in [-0.4, -0.2) is 79.7 Å². The van der Waals surface area contributed by atoms with Crippen LogP contribution in [0.5, 0.6) is 0 Å². The lowest BCUT2D eigenvalue weighted by molar-refractivity contribution is -0.289. The number of hydrogen-bond donors (Lipinski definition) is 3. The van der Waals surface area contributed by atoms with Gasteiger partial charge in [-0.1, -0.05) is 60.7 Å². The summed E-state index contributed by atoms with van der Waals surface area (Å²) in [5, 5.41) is 15.4. The SMILES string of the molecule is COC1COC(c2ccccc2)OC1C(O[C@H](C)C(=O)N[C@@H](C)C(=O)OCc1ccccc1)C(CO)NC(C)=O. The molecule has 1 aliphatic heterocycles. The maximum Gasteiger partial charge on any atom is 0.328 e. The summed E-state index contributed by atoms with van der Waals surface area (Å²) in [6.07, 6.45) is -4.35. The smallest absolute Gasteiger partial charge is 0.328 e. The number of carbonyl (C=O) groups excluding carboxylic acids is 3. The molecule has 11 heteroatoms. The maximum absolute atomic E-state index is 13.0. The van der Waals surface area contributed by atoms with Gasteiger partial charge in [0.25, 0.3) is 0 Å². The van der Waals surface area contributed by atoms with E-state index in [-0.39, 0.29) is 13.2 Å². The molecule has 0 aliphatic carbocycles. The van der Waals surface area contributed by atoms with Crippen LogP contribution < -0.4 is 10.6 Å². The molecule has 0 bridgehead atoms. The van der Waals surface area contributed by atoms with Crippen LogP contribution >= 0.6 is 0 Å². The molecule has 2 aromatic rings. The van der Waals surface area contributed by atoms with E-state index in [1.807, 2.05) is 60.7 Å². The Hall–Kier alpha value is -3.35. The van der Waals surface area contributed by atoms with Gasteiger partial charge in [0.15, 0.2) is 6.29 Å². The third-order valence-corrected chi connectivity index (χ3v) is 6.41. The van der Waals surface area contributed by atoms with Crippen LogP contribution in [0.3, 0.4) is 0 Å². The normalized spacial score (nSPS) is 21.9. The molecule has 1 aliphatic rings. The Morgan fingerprint density at radius 1 is 1.02 bits per heavy atom. The minimum Gasteiger partial charge on any atom is -0.459 e. The van der Waals surface area contributed by atoms with Crippen LogP contribution in [0.1, 0.15) is 38.2 Å². The number of rotatable bonds is 13. The van der Waals surface area contributed by atoms with Gasteiger partial charge < -0.3 is 39.4 Å². The van der Waals surface area contributed by atoms with Gasteiger partial charge in [0.1, 0.15) is 37.1 Å². The number of amides is 2. The van der Waals surface area contributed by atoms with E-state index in [0.29, 0.717) is 0 Å². The summed E-state index contributed by atoms with van der Waals surface area (Å²) in [4.78, 5) is 37.4. The Morgan fingerprint density at radius 3 is 2.27 bits per heavy atom. The topological polar surface area (TPSA) is 142 Å². The van der Waals surface area contributed by atoms with E-state index in [2.05, 4.69) is 10.6 Å². The molecule has 3 N–H and O–H groups in total. The maximum atomic E-state index is 13.0. The van der Waals surface area contributed by atoms with Gasteiger partial charge in [0.2, 0.25) is 11.8 Å². The molecule has 7 atom stereocenters. The van der Waals surface area contributed by atoms with Crippen molar-refractivity contribution in [2.24, 2.45) is 0 Å². The summed E-state index contributed by atoms with van der Waals surface area (Å²) < 4.78 is 29.1. The summed E-state index contributed by atoms with van der Waals surface area (Å²) in [6, 6.07) is 16.6. The molecule has 1 saturated heterocycles. The molecule has 0 saturated carbocycles. The molecule has 218 valence electrons. The first-order chi connectivity index (χ1) is 19.2. The summed E-state index contributed by atoms with van der Waals surface area (Å²) >= 11 is 0. The van der Waals surface area contributed by atoms with Crippen molar-refractivity contribution in [1.29, 1.82) is 0 Å². The average Bonchev–Trinajstić information content (AvgIpc) is 2.97. The fourth-order valence-corrected chi connectivity index (χ4v) is 4.26. The number of methoxy groups -OCH3 is 1. The van der Waals surface area contributed by atoms with Gasteiger partial charge in [-0.15, -0.1) is 0 Å². The zero-order chi connectivity index (χ0) is 29.1. The van der Waals surface area contributed by atoms with E-state index in [1.54, 1.807) is 0 Å². The molecule has 3 rings (SSSR count). The quantitative estimate of drug-likeness (QED) is 0.313. The molecular weight excluding hydrogens is 520 g/mol. The third-order valence-electron chi connectivity index (χ3n) is 6.41. The number of benzene rings is 2. The summed E-state index contributed by atoms with van der Waals surface area (Å²) in [5.41, 5.74) is 1.58. The Bertz CT molecular complexity index is 1090. The average molecular weight is 559 g/mol. The molecule has 11 nitrogen and oxygen atoms in total. The molecule has 2 amide bonds. The highest BCUT2D eigenvalue weighted by Gasteiger charge is 2.44. The van der Waals surface area contributed by atoms with Gasteiger partial charge >= 0.3 is 5.97 Å². The van der Waals surface area contributed by atoms with Crippen molar-refractivity contribution < 1.29 is 43.2 Å². The van der Waals surface area contributed by atoms with Crippen LogP contribution in [-0.2, 0) is 44.7 Å². The Kier molecular flexibility index (Phi) is 12.0. The van der Waals surface area contributed by atoms with E-state index in [1.165, 1.54) is 27.9 Å². The van der Waals surface area contributed by atoms with Gasteiger partial charge in [0, 0.05) is 19.6 Å². The van der Waals surface area contributed by atoms with Gasteiger partial charge in [0.05, 0.1) is 19.3 Å². The first kappa shape index (κ1) is 31.2. The second-order valence-electron chi connectivity index (χ2n) is 9.51. The summed E-state index contributed by atoms with van der Waals surface area (Å²) in [5.74, 6) is -1.60. The van der Waals surface area contributed by atoms with Crippen LogP contribution in [0.25, 0.3) is 0 Å². The van der Waals surface area contributed by atoms with Gasteiger partial charge in [-0.2, -0.15) is 0 Å². The van der Waals surface area contributed by atoms with Gasteiger partial charge in [-0.3, -0.25) is 9.59 Å². The lowest BCUT2D eigenvalue weighted by Crippen LogP contribution is -2.60. The molecule has 0 radical (unpaired) electrons. The van der Waals surface area contributed by atoms with Crippen molar-refractivity contribution in [2.75, 3.05) is 20.3 Å². The van der Waals surface area contributed by atoms with Crippen molar-refractivity contribution in [1.82, 2.24) is 10.6 Å². The third kappa shape index (κ3) is 8.83. The zero-order valence-electron chi connectivity index (χ0n) is 23.1. The largest absolute Gasteiger partial charge is 0.459 e. The molecule has 1 fully saturated rings. The Balaban J connectivity index is 1.71. The number of nitrogens with one attached hydrogen (secondary N) is 2. The van der Waals surface area contributed by atoms with Gasteiger partial charge in [-0.05, 0) is 19.4 Å². The van der Waals surface area contributed by atoms with E-state index in [9.17, 15) is 19.5 Å². The molecule has 0 spiro atoms. The van der Waals surface area contributed by atoms with Crippen LogP contribution in [0, 0.1) is 0 Å². The Morgan fingerprint density at radius 2 is 1.68 bits per heavy atom. The number of ether oxygens (including phenoxy) is 5. The molecular formula is C29H38N2O9.